The van der Waals surface area contributed by atoms with Gasteiger partial charge in [0.05, 0.1) is 7.11 Å². The van der Waals surface area contributed by atoms with Crippen LogP contribution in [0.25, 0.3) is 0 Å². The first-order chi connectivity index (χ1) is 15.6. The lowest BCUT2D eigenvalue weighted by Gasteiger charge is -2.17. The molecule has 1 unspecified atom stereocenters. The molecule has 3 N–H and O–H groups in total. The van der Waals surface area contributed by atoms with Crippen molar-refractivity contribution < 1.29 is 9.53 Å². The number of guanidine groups is 1. The van der Waals surface area contributed by atoms with Gasteiger partial charge in [-0.15, -0.1) is 0 Å². The highest BCUT2D eigenvalue weighted by atomic mass is 16.5. The number of amides is 2. The number of anilines is 1. The van der Waals surface area contributed by atoms with E-state index in [9.17, 15) is 4.79 Å². The van der Waals surface area contributed by atoms with E-state index in [1.807, 2.05) is 41.3 Å². The lowest BCUT2D eigenvalue weighted by atomic mass is 9.98. The van der Waals surface area contributed by atoms with Crippen molar-refractivity contribution in [2.75, 3.05) is 39.1 Å². The van der Waals surface area contributed by atoms with Gasteiger partial charge in [-0.2, -0.15) is 0 Å². The number of hydrogen-bond acceptors (Lipinski definition) is 3. The number of methoxy groups -OCH3 is 1. The second-order valence-corrected chi connectivity index (χ2v) is 8.14. The van der Waals surface area contributed by atoms with Crippen LogP contribution >= 0.6 is 0 Å². The lowest BCUT2D eigenvalue weighted by Crippen LogP contribution is -2.37. The molecule has 0 aliphatic carbocycles. The van der Waals surface area contributed by atoms with E-state index in [1.165, 1.54) is 5.56 Å². The standard InChI is InChI=1S/C25H35N5O2/c1-19(21-9-11-23(32-3)12-10-21)13-14-27-24(26-2)28-18-20-7-6-8-22(17-20)29-25(31)30-15-4-5-16-30/h6-12,17,19H,4-5,13-16,18H2,1-3H3,(H,29,31)(H2,26,27,28). The third-order valence-corrected chi connectivity index (χ3v) is 5.81. The molecule has 1 fully saturated rings. The van der Waals surface area contributed by atoms with Gasteiger partial charge in [-0.3, -0.25) is 4.99 Å². The van der Waals surface area contributed by atoms with Gasteiger partial charge in [-0.25, -0.2) is 4.79 Å². The number of urea groups is 1. The Labute approximate surface area is 191 Å². The first-order valence-electron chi connectivity index (χ1n) is 11.3. The van der Waals surface area contributed by atoms with Crippen molar-refractivity contribution in [3.8, 4) is 5.75 Å². The summed E-state index contributed by atoms with van der Waals surface area (Å²) in [5.74, 6) is 2.07. The molecule has 0 radical (unpaired) electrons. The van der Waals surface area contributed by atoms with Crippen molar-refractivity contribution in [1.82, 2.24) is 15.5 Å². The van der Waals surface area contributed by atoms with Crippen molar-refractivity contribution in [2.45, 2.75) is 38.6 Å². The van der Waals surface area contributed by atoms with E-state index in [0.717, 1.165) is 61.9 Å². The van der Waals surface area contributed by atoms with Crippen molar-refractivity contribution in [3.05, 3.63) is 59.7 Å². The highest BCUT2D eigenvalue weighted by molar-refractivity contribution is 5.89. The van der Waals surface area contributed by atoms with Crippen LogP contribution in [0.3, 0.4) is 0 Å². The van der Waals surface area contributed by atoms with Crippen LogP contribution in [0, 0.1) is 0 Å². The van der Waals surface area contributed by atoms with Crippen LogP contribution in [0.4, 0.5) is 10.5 Å². The zero-order valence-corrected chi connectivity index (χ0v) is 19.4. The Morgan fingerprint density at radius 2 is 1.88 bits per heavy atom. The number of carbonyl (C=O) groups is 1. The Balaban J connectivity index is 1.43. The van der Waals surface area contributed by atoms with Gasteiger partial charge >= 0.3 is 6.03 Å². The monoisotopic (exact) mass is 437 g/mol. The number of aliphatic imine (C=N–C) groups is 1. The molecule has 2 aromatic rings. The van der Waals surface area contributed by atoms with E-state index >= 15 is 0 Å². The predicted molar refractivity (Wildman–Crippen MR) is 130 cm³/mol. The zero-order chi connectivity index (χ0) is 22.8. The molecule has 0 bridgehead atoms. The minimum absolute atomic E-state index is 0.0175. The number of carbonyl (C=O) groups excluding carboxylic acids is 1. The van der Waals surface area contributed by atoms with Gasteiger partial charge in [0, 0.05) is 38.9 Å². The zero-order valence-electron chi connectivity index (χ0n) is 19.4. The molecule has 1 aliphatic heterocycles. The summed E-state index contributed by atoms with van der Waals surface area (Å²) in [5, 5.41) is 9.73. The Bertz CT molecular complexity index is 891. The fourth-order valence-electron chi connectivity index (χ4n) is 3.79. The molecular weight excluding hydrogens is 402 g/mol. The molecule has 32 heavy (non-hydrogen) atoms. The number of hydrogen-bond donors (Lipinski definition) is 3. The Hall–Kier alpha value is -3.22. The molecule has 1 atom stereocenters. The van der Waals surface area contributed by atoms with E-state index in [4.69, 9.17) is 4.74 Å². The Morgan fingerprint density at radius 1 is 1.12 bits per heavy atom. The molecule has 2 aromatic carbocycles. The maximum Gasteiger partial charge on any atom is 0.321 e. The van der Waals surface area contributed by atoms with Gasteiger partial charge in [0.25, 0.3) is 0 Å². The summed E-state index contributed by atoms with van der Waals surface area (Å²) < 4.78 is 5.23. The molecule has 0 saturated carbocycles. The molecule has 7 heteroatoms. The number of nitrogens with zero attached hydrogens (tertiary/aromatic N) is 2. The van der Waals surface area contributed by atoms with Crippen LogP contribution in [-0.4, -0.2) is 50.7 Å². The SMILES string of the molecule is CN=C(NCCC(C)c1ccc(OC)cc1)NCc1cccc(NC(=O)N2CCCC2)c1. The van der Waals surface area contributed by atoms with Gasteiger partial charge in [0.2, 0.25) is 0 Å². The number of ether oxygens (including phenoxy) is 1. The minimum Gasteiger partial charge on any atom is -0.497 e. The Morgan fingerprint density at radius 3 is 2.56 bits per heavy atom. The van der Waals surface area contributed by atoms with Gasteiger partial charge in [-0.1, -0.05) is 31.2 Å². The van der Waals surface area contributed by atoms with E-state index < -0.39 is 0 Å². The summed E-state index contributed by atoms with van der Waals surface area (Å²) in [4.78, 5) is 18.5. The van der Waals surface area contributed by atoms with Crippen molar-refractivity contribution in [3.63, 3.8) is 0 Å². The fraction of sp³-hybridized carbons (Fsp3) is 0.440. The molecule has 172 valence electrons. The summed E-state index contributed by atoms with van der Waals surface area (Å²) in [6.45, 7) is 5.35. The first-order valence-corrected chi connectivity index (χ1v) is 11.3. The van der Waals surface area contributed by atoms with E-state index in [1.54, 1.807) is 14.2 Å². The van der Waals surface area contributed by atoms with Crippen LogP contribution in [-0.2, 0) is 6.54 Å². The largest absolute Gasteiger partial charge is 0.497 e. The lowest BCUT2D eigenvalue weighted by molar-refractivity contribution is 0.222. The molecular formula is C25H35N5O2. The van der Waals surface area contributed by atoms with Gasteiger partial charge in [-0.05, 0) is 60.6 Å². The molecule has 1 heterocycles. The van der Waals surface area contributed by atoms with Gasteiger partial charge in [0.1, 0.15) is 5.75 Å². The van der Waals surface area contributed by atoms with E-state index in [2.05, 4.69) is 40.0 Å². The molecule has 0 spiro atoms. The van der Waals surface area contributed by atoms with Gasteiger partial charge in [0.15, 0.2) is 5.96 Å². The number of benzene rings is 2. The van der Waals surface area contributed by atoms with Crippen LogP contribution < -0.4 is 20.7 Å². The number of nitrogens with one attached hydrogen (secondary N) is 3. The Kier molecular flexibility index (Phi) is 8.78. The molecule has 1 aliphatic rings. The molecule has 3 rings (SSSR count). The summed E-state index contributed by atoms with van der Waals surface area (Å²) in [6, 6.07) is 16.1. The fourth-order valence-corrected chi connectivity index (χ4v) is 3.79. The molecule has 2 amide bonds. The number of likely N-dealkylation sites (tertiary alicyclic amines) is 1. The van der Waals surface area contributed by atoms with Crippen molar-refractivity contribution >= 4 is 17.7 Å². The van der Waals surface area contributed by atoms with Crippen molar-refractivity contribution in [1.29, 1.82) is 0 Å². The number of rotatable bonds is 8. The highest BCUT2D eigenvalue weighted by Gasteiger charge is 2.17. The van der Waals surface area contributed by atoms with Crippen molar-refractivity contribution in [2.24, 2.45) is 4.99 Å². The maximum absolute atomic E-state index is 12.3. The third kappa shape index (κ3) is 6.90. The summed E-state index contributed by atoms with van der Waals surface area (Å²) in [6.07, 6.45) is 3.16. The maximum atomic E-state index is 12.3. The van der Waals surface area contributed by atoms with Crippen LogP contribution in [0.5, 0.6) is 5.75 Å². The predicted octanol–water partition coefficient (Wildman–Crippen LogP) is 4.18. The smallest absolute Gasteiger partial charge is 0.321 e. The summed E-state index contributed by atoms with van der Waals surface area (Å²) >= 11 is 0. The van der Waals surface area contributed by atoms with Gasteiger partial charge < -0.3 is 25.6 Å². The first kappa shape index (κ1) is 23.4. The molecule has 7 nitrogen and oxygen atoms in total. The topological polar surface area (TPSA) is 78.0 Å². The molecule has 1 saturated heterocycles. The van der Waals surface area contributed by atoms with Crippen LogP contribution in [0.2, 0.25) is 0 Å². The third-order valence-electron chi connectivity index (χ3n) is 5.81. The average Bonchev–Trinajstić information content (AvgIpc) is 3.37. The normalized spacial score (nSPS) is 14.7. The quantitative estimate of drug-likeness (QED) is 0.428. The highest BCUT2D eigenvalue weighted by Crippen LogP contribution is 2.21. The second-order valence-electron chi connectivity index (χ2n) is 8.14. The summed E-state index contributed by atoms with van der Waals surface area (Å²) in [5.41, 5.74) is 3.19. The average molecular weight is 438 g/mol. The van der Waals surface area contributed by atoms with E-state index in [-0.39, 0.29) is 6.03 Å². The van der Waals surface area contributed by atoms with Crippen LogP contribution in [0.15, 0.2) is 53.5 Å². The minimum atomic E-state index is -0.0175. The van der Waals surface area contributed by atoms with E-state index in [0.29, 0.717) is 12.5 Å². The second kappa shape index (κ2) is 12.0. The summed E-state index contributed by atoms with van der Waals surface area (Å²) in [7, 11) is 3.46. The molecule has 0 aromatic heterocycles. The van der Waals surface area contributed by atoms with Crippen LogP contribution in [0.1, 0.15) is 43.2 Å².